The number of hydrogen-bond donors (Lipinski definition) is 0. The molecule has 0 amide bonds. The summed E-state index contributed by atoms with van der Waals surface area (Å²) in [4.78, 5) is 8.84. The van der Waals surface area contributed by atoms with Gasteiger partial charge in [0.15, 0.2) is 0 Å². The third kappa shape index (κ3) is 21.4. The van der Waals surface area contributed by atoms with Crippen molar-refractivity contribution in [3.05, 3.63) is 0 Å². The van der Waals surface area contributed by atoms with E-state index in [2.05, 4.69) is 0 Å². The molecule has 0 rings (SSSR count). The van der Waals surface area contributed by atoms with Crippen LogP contribution >= 0.6 is 0 Å². The van der Waals surface area contributed by atoms with Gasteiger partial charge in [0, 0.05) is 0 Å². The summed E-state index contributed by atoms with van der Waals surface area (Å²) in [6.45, 7) is 0. The monoisotopic (exact) mass is 255 g/mol. The fraction of sp³-hybridized carbons (Fsp3) is 0. The fourth-order valence-corrected chi connectivity index (χ4v) is 0. The quantitative estimate of drug-likeness (QED) is 0.447. The van der Waals surface area contributed by atoms with Gasteiger partial charge in [-0.1, -0.05) is 0 Å². The van der Waals surface area contributed by atoms with Gasteiger partial charge in [-0.3, -0.25) is 0 Å². The van der Waals surface area contributed by atoms with Crippen molar-refractivity contribution in [1.29, 1.82) is 0 Å². The summed E-state index contributed by atoms with van der Waals surface area (Å²) in [5, 5.41) is 0. The molecule has 0 aliphatic heterocycles. The number of rotatable bonds is 0. The number of halogens is 1. The van der Waals surface area contributed by atoms with E-state index in [0.717, 1.165) is 0 Å². The summed E-state index contributed by atoms with van der Waals surface area (Å²) in [6, 6.07) is 0. The van der Waals surface area contributed by atoms with Crippen molar-refractivity contribution in [2.75, 3.05) is 0 Å². The molecule has 0 spiro atoms. The second kappa shape index (κ2) is 1.81. The van der Waals surface area contributed by atoms with Gasteiger partial charge in [-0.25, -0.2) is 0 Å². The fourth-order valence-electron chi connectivity index (χ4n) is 0. The predicted molar refractivity (Wildman–Crippen MR) is 12.3 cm³/mol. The van der Waals surface area contributed by atoms with E-state index in [-0.39, 0.29) is 25.8 Å². The topological polar surface area (TPSA) is 17.1 Å². The van der Waals surface area contributed by atoms with Gasteiger partial charge in [0.1, 0.15) is 0 Å². The maximum atomic E-state index is 10.4. The summed E-state index contributed by atoms with van der Waals surface area (Å²) in [6.07, 6.45) is 0. The van der Waals surface area contributed by atoms with Gasteiger partial charge in [0.25, 0.3) is 0 Å². The van der Waals surface area contributed by atoms with Crippen LogP contribution in [-0.2, 0) is 0 Å². The van der Waals surface area contributed by atoms with Crippen LogP contribution in [0.15, 0.2) is 0 Å². The molecule has 4 heavy (non-hydrogen) atoms. The summed E-state index contributed by atoms with van der Waals surface area (Å²) >= 11 is 0.0432. The first-order valence-corrected chi connectivity index (χ1v) is 2.59. The van der Waals surface area contributed by atoms with Crippen LogP contribution < -0.4 is 0 Å². The molecule has 3 heteroatoms. The van der Waals surface area contributed by atoms with E-state index in [1.807, 2.05) is 0 Å². The van der Waals surface area contributed by atoms with Gasteiger partial charge in [-0.05, 0) is 0 Å². The summed E-state index contributed by atoms with van der Waals surface area (Å²) in [5.74, 6) is 0. The Kier molecular flexibility index (Phi) is 2.04. The molecule has 0 aliphatic carbocycles. The molecule has 1 nitrogen and oxygen atoms in total. The Morgan fingerprint density at radius 1 is 2.00 bits per heavy atom. The Bertz CT molecular complexity index is 31.0. The van der Waals surface area contributed by atoms with Crippen LogP contribution in [0.25, 0.3) is 0 Å². The zero-order chi connectivity index (χ0) is 3.58. The third-order valence-corrected chi connectivity index (χ3v) is 0. The Hall–Kier alpha value is 0.522. The molecule has 21 valence electrons. The zero-order valence-corrected chi connectivity index (χ0v) is 5.67. The average Bonchev–Trinajstić information content (AvgIpc) is 0.811. The maximum absolute atomic E-state index is 10.4. The number of carbonyl (C=O) groups excluding carboxylic acids is 1. The van der Waals surface area contributed by atoms with E-state index >= 15 is 0 Å². The van der Waals surface area contributed by atoms with E-state index in [4.69, 9.17) is 4.79 Å². The summed E-state index contributed by atoms with van der Waals surface area (Å²) in [7, 11) is 0. The first kappa shape index (κ1) is 4.52. The first-order valence-electron chi connectivity index (χ1n) is 0.643. The number of hydrogen-bond acceptors (Lipinski definition) is 1. The molecule has 0 fully saturated rings. The van der Waals surface area contributed by atoms with E-state index in [1.54, 1.807) is 0 Å². The number of carbonyl (C=O) groups is 1. The Morgan fingerprint density at radius 3 is 2.00 bits per heavy atom. The van der Waals surface area contributed by atoms with Crippen molar-refractivity contribution in [2.45, 2.75) is 0 Å². The van der Waals surface area contributed by atoms with Crippen LogP contribution in [0.4, 0.5) is 9.18 Å². The molecule has 0 bridgehead atoms. The summed E-state index contributed by atoms with van der Waals surface area (Å²) in [5.41, 5.74) is 0. The van der Waals surface area contributed by atoms with Crippen LogP contribution in [0.2, 0.25) is 0 Å². The van der Waals surface area contributed by atoms with Crippen LogP contribution in [0.3, 0.4) is 0 Å². The molecular formula is CFOPb. The summed E-state index contributed by atoms with van der Waals surface area (Å²) < 4.78 is 9.23. The van der Waals surface area contributed by atoms with Crippen molar-refractivity contribution in [1.82, 2.24) is 0 Å². The molecule has 0 aliphatic rings. The van der Waals surface area contributed by atoms with Crippen molar-refractivity contribution in [2.24, 2.45) is 0 Å². The van der Waals surface area contributed by atoms with Gasteiger partial charge in [-0.15, -0.1) is 0 Å². The second-order valence-electron chi connectivity index (χ2n) is 0.274. The van der Waals surface area contributed by atoms with Gasteiger partial charge < -0.3 is 0 Å². The van der Waals surface area contributed by atoms with Crippen molar-refractivity contribution < 1.29 is 9.18 Å². The molecule has 0 saturated heterocycles. The second-order valence-corrected chi connectivity index (χ2v) is 1.80. The van der Waals surface area contributed by atoms with Gasteiger partial charge in [0.2, 0.25) is 0 Å². The molecule has 0 atom stereocenters. The first-order chi connectivity index (χ1) is 1.73. The van der Waals surface area contributed by atoms with Crippen LogP contribution in [0.1, 0.15) is 0 Å². The molecule has 0 aromatic rings. The van der Waals surface area contributed by atoms with Crippen molar-refractivity contribution in [3.63, 3.8) is 0 Å². The molecule has 3 radical (unpaired) electrons. The standard InChI is InChI=1S/CFO.Pb/c2-1-3;. The van der Waals surface area contributed by atoms with E-state index in [9.17, 15) is 4.39 Å². The minimum atomic E-state index is -1.19. The minimum absolute atomic E-state index is 0.0432. The van der Waals surface area contributed by atoms with Crippen LogP contribution in [0, 0.1) is 0 Å². The van der Waals surface area contributed by atoms with Gasteiger partial charge >= 0.3 is 38.5 Å². The Balaban J connectivity index is 2.80. The molecule has 0 N–H and O–H groups in total. The van der Waals surface area contributed by atoms with Crippen molar-refractivity contribution in [3.8, 4) is 0 Å². The van der Waals surface area contributed by atoms with Gasteiger partial charge in [-0.2, -0.15) is 0 Å². The van der Waals surface area contributed by atoms with Crippen molar-refractivity contribution >= 4 is 29.4 Å². The molecule has 0 saturated carbocycles. The van der Waals surface area contributed by atoms with E-state index in [1.165, 1.54) is 0 Å². The molecule has 0 aromatic carbocycles. The molecule has 0 heterocycles. The van der Waals surface area contributed by atoms with E-state index < -0.39 is 3.60 Å². The predicted octanol–water partition coefficient (Wildman–Crippen LogP) is 0.244. The Morgan fingerprint density at radius 2 is 2.00 bits per heavy atom. The molecular weight excluding hydrogens is 254 g/mol. The molecule has 0 aromatic heterocycles. The molecule has 0 unspecified atom stereocenters. The zero-order valence-electron chi connectivity index (χ0n) is 1.79. The normalized spacial score (nSPS) is 6.50. The van der Waals surface area contributed by atoms with Gasteiger partial charge in [0.05, 0.1) is 0 Å². The average molecular weight is 254 g/mol. The third-order valence-electron chi connectivity index (χ3n) is 0. The SMILES string of the molecule is O=[C](F)[Pb]. The Labute approximate surface area is 38.9 Å². The van der Waals surface area contributed by atoms with Crippen LogP contribution in [-0.4, -0.2) is 29.4 Å². The van der Waals surface area contributed by atoms with Crippen LogP contribution in [0.5, 0.6) is 0 Å². The van der Waals surface area contributed by atoms with E-state index in [0.29, 0.717) is 0 Å².